The van der Waals surface area contributed by atoms with E-state index in [2.05, 4.69) is 15.9 Å². The molecule has 0 aromatic heterocycles. The van der Waals surface area contributed by atoms with E-state index in [1.54, 1.807) is 23.1 Å². The standard InChI is InChI=1S/C17H17BrN2O5S/c1-24-13-3-2-12(18)8-11(13)9-14-16(22)20(17(23)26-14)10-15(21)19-4-6-25-7-5-19/h2-3,8-9H,4-7,10H2,1H3/b14-9-. The molecule has 2 aliphatic rings. The van der Waals surface area contributed by atoms with E-state index in [-0.39, 0.29) is 17.4 Å². The lowest BCUT2D eigenvalue weighted by Gasteiger charge is -2.28. The van der Waals surface area contributed by atoms with Gasteiger partial charge in [-0.25, -0.2) is 0 Å². The Labute approximate surface area is 163 Å². The van der Waals surface area contributed by atoms with E-state index in [1.165, 1.54) is 7.11 Å². The molecule has 3 rings (SSSR count). The largest absolute Gasteiger partial charge is 0.496 e. The van der Waals surface area contributed by atoms with Crippen molar-refractivity contribution >= 4 is 50.8 Å². The van der Waals surface area contributed by atoms with Gasteiger partial charge in [0.25, 0.3) is 11.1 Å². The van der Waals surface area contributed by atoms with Gasteiger partial charge in [0.15, 0.2) is 0 Å². The van der Waals surface area contributed by atoms with Crippen molar-refractivity contribution in [2.45, 2.75) is 0 Å². The summed E-state index contributed by atoms with van der Waals surface area (Å²) in [5, 5.41) is -0.447. The fourth-order valence-corrected chi connectivity index (χ4v) is 3.85. The molecule has 9 heteroatoms. The lowest BCUT2D eigenvalue weighted by Crippen LogP contribution is -2.46. The quantitative estimate of drug-likeness (QED) is 0.668. The van der Waals surface area contributed by atoms with Crippen LogP contribution in [0.25, 0.3) is 6.08 Å². The number of methoxy groups -OCH3 is 1. The number of amides is 3. The molecular formula is C17H17BrN2O5S. The summed E-state index contributed by atoms with van der Waals surface area (Å²) >= 11 is 4.20. The minimum Gasteiger partial charge on any atom is -0.496 e. The average Bonchev–Trinajstić information content (AvgIpc) is 2.90. The molecule has 3 amide bonds. The van der Waals surface area contributed by atoms with Crippen LogP contribution in [0.4, 0.5) is 4.79 Å². The van der Waals surface area contributed by atoms with Crippen LogP contribution >= 0.6 is 27.7 Å². The van der Waals surface area contributed by atoms with Gasteiger partial charge in [0, 0.05) is 23.1 Å². The number of carbonyl (C=O) groups excluding carboxylic acids is 3. The first-order valence-electron chi connectivity index (χ1n) is 7.94. The fraction of sp³-hybridized carbons (Fsp3) is 0.353. The van der Waals surface area contributed by atoms with Crippen LogP contribution in [0.5, 0.6) is 5.75 Å². The maximum atomic E-state index is 12.6. The molecule has 0 bridgehead atoms. The van der Waals surface area contributed by atoms with Gasteiger partial charge in [-0.15, -0.1) is 0 Å². The van der Waals surface area contributed by atoms with Crippen molar-refractivity contribution < 1.29 is 23.9 Å². The molecule has 1 aromatic rings. The second-order valence-electron chi connectivity index (χ2n) is 5.65. The Morgan fingerprint density at radius 1 is 1.35 bits per heavy atom. The summed E-state index contributed by atoms with van der Waals surface area (Å²) in [5.74, 6) is -0.134. The predicted molar refractivity (Wildman–Crippen MR) is 101 cm³/mol. The first kappa shape index (κ1) is 18.9. The topological polar surface area (TPSA) is 76.2 Å². The van der Waals surface area contributed by atoms with Crippen molar-refractivity contribution in [1.29, 1.82) is 0 Å². The molecule has 0 N–H and O–H groups in total. The third-order valence-corrected chi connectivity index (χ3v) is 5.41. The third kappa shape index (κ3) is 4.11. The highest BCUT2D eigenvalue weighted by Gasteiger charge is 2.37. The SMILES string of the molecule is COc1ccc(Br)cc1/C=C1\SC(=O)N(CC(=O)N2CCOCC2)C1=O. The van der Waals surface area contributed by atoms with Crippen LogP contribution in [0.15, 0.2) is 27.6 Å². The Bertz CT molecular complexity index is 776. The van der Waals surface area contributed by atoms with E-state index in [9.17, 15) is 14.4 Å². The van der Waals surface area contributed by atoms with Crippen LogP contribution < -0.4 is 4.74 Å². The normalized spacial score (nSPS) is 19.4. The summed E-state index contributed by atoms with van der Waals surface area (Å²) in [6.45, 7) is 1.63. The van der Waals surface area contributed by atoms with Crippen LogP contribution in [-0.4, -0.2) is 66.8 Å². The average molecular weight is 441 g/mol. The first-order chi connectivity index (χ1) is 12.5. The van der Waals surface area contributed by atoms with Crippen LogP contribution in [0.1, 0.15) is 5.56 Å². The van der Waals surface area contributed by atoms with Gasteiger partial charge in [-0.05, 0) is 36.0 Å². The number of nitrogens with zero attached hydrogens (tertiary/aromatic N) is 2. The summed E-state index contributed by atoms with van der Waals surface area (Å²) in [7, 11) is 1.54. The molecule has 138 valence electrons. The second-order valence-corrected chi connectivity index (χ2v) is 7.56. The van der Waals surface area contributed by atoms with Gasteiger partial charge >= 0.3 is 0 Å². The number of halogens is 1. The predicted octanol–water partition coefficient (Wildman–Crippen LogP) is 2.35. The lowest BCUT2D eigenvalue weighted by atomic mass is 10.2. The van der Waals surface area contributed by atoms with Gasteiger partial charge in [0.2, 0.25) is 5.91 Å². The zero-order valence-electron chi connectivity index (χ0n) is 14.1. The number of hydrogen-bond donors (Lipinski definition) is 0. The Hall–Kier alpha value is -1.84. The van der Waals surface area contributed by atoms with Crippen molar-refractivity contribution in [3.63, 3.8) is 0 Å². The van der Waals surface area contributed by atoms with Gasteiger partial charge in [0.05, 0.1) is 25.2 Å². The van der Waals surface area contributed by atoms with Gasteiger partial charge < -0.3 is 14.4 Å². The maximum Gasteiger partial charge on any atom is 0.294 e. The molecule has 0 saturated carbocycles. The molecule has 0 spiro atoms. The molecule has 2 fully saturated rings. The fourth-order valence-electron chi connectivity index (χ4n) is 2.64. The zero-order chi connectivity index (χ0) is 18.7. The Morgan fingerprint density at radius 3 is 2.77 bits per heavy atom. The van der Waals surface area contributed by atoms with E-state index >= 15 is 0 Å². The molecule has 1 aromatic carbocycles. The molecular weight excluding hydrogens is 424 g/mol. The summed E-state index contributed by atoms with van der Waals surface area (Å²) in [6, 6.07) is 5.39. The minimum atomic E-state index is -0.469. The van der Waals surface area contributed by atoms with Crippen molar-refractivity contribution in [2.75, 3.05) is 40.0 Å². The van der Waals surface area contributed by atoms with E-state index in [1.807, 2.05) is 6.07 Å². The summed E-state index contributed by atoms with van der Waals surface area (Å²) in [4.78, 5) is 40.0. The Balaban J connectivity index is 1.76. The maximum absolute atomic E-state index is 12.6. The highest BCUT2D eigenvalue weighted by molar-refractivity contribution is 9.10. The molecule has 0 aliphatic carbocycles. The van der Waals surface area contributed by atoms with Crippen LogP contribution in [-0.2, 0) is 14.3 Å². The number of carbonyl (C=O) groups is 3. The van der Waals surface area contributed by atoms with E-state index in [0.29, 0.717) is 37.6 Å². The van der Waals surface area contributed by atoms with Crippen LogP contribution in [0.3, 0.4) is 0 Å². The number of thioether (sulfide) groups is 1. The number of morpholine rings is 1. The number of ether oxygens (including phenoxy) is 2. The number of benzene rings is 1. The smallest absolute Gasteiger partial charge is 0.294 e. The molecule has 2 heterocycles. The Kier molecular flexibility index (Phi) is 6.00. The monoisotopic (exact) mass is 440 g/mol. The van der Waals surface area contributed by atoms with Gasteiger partial charge in [-0.2, -0.15) is 0 Å². The van der Waals surface area contributed by atoms with Crippen LogP contribution in [0, 0.1) is 0 Å². The lowest BCUT2D eigenvalue weighted by molar-refractivity contribution is -0.139. The van der Waals surface area contributed by atoms with E-state index < -0.39 is 11.1 Å². The summed E-state index contributed by atoms with van der Waals surface area (Å²) in [5.41, 5.74) is 0.673. The molecule has 7 nitrogen and oxygen atoms in total. The van der Waals surface area contributed by atoms with Crippen molar-refractivity contribution in [3.8, 4) is 5.75 Å². The number of imide groups is 1. The molecule has 2 saturated heterocycles. The summed E-state index contributed by atoms with van der Waals surface area (Å²) in [6.07, 6.45) is 1.60. The van der Waals surface area contributed by atoms with E-state index in [0.717, 1.165) is 21.1 Å². The van der Waals surface area contributed by atoms with Crippen molar-refractivity contribution in [2.24, 2.45) is 0 Å². The van der Waals surface area contributed by atoms with Crippen LogP contribution in [0.2, 0.25) is 0 Å². The highest BCUT2D eigenvalue weighted by atomic mass is 79.9. The molecule has 0 atom stereocenters. The molecule has 2 aliphatic heterocycles. The minimum absolute atomic E-state index is 0.252. The number of hydrogen-bond acceptors (Lipinski definition) is 6. The van der Waals surface area contributed by atoms with Crippen molar-refractivity contribution in [1.82, 2.24) is 9.80 Å². The molecule has 0 unspecified atom stereocenters. The van der Waals surface area contributed by atoms with Gasteiger partial charge in [-0.3, -0.25) is 19.3 Å². The zero-order valence-corrected chi connectivity index (χ0v) is 16.5. The molecule has 26 heavy (non-hydrogen) atoms. The second kappa shape index (κ2) is 8.24. The highest BCUT2D eigenvalue weighted by Crippen LogP contribution is 2.34. The van der Waals surface area contributed by atoms with Crippen molar-refractivity contribution in [3.05, 3.63) is 33.1 Å². The van der Waals surface area contributed by atoms with Gasteiger partial charge in [-0.1, -0.05) is 15.9 Å². The Morgan fingerprint density at radius 2 is 2.08 bits per heavy atom. The molecule has 0 radical (unpaired) electrons. The van der Waals surface area contributed by atoms with Gasteiger partial charge in [0.1, 0.15) is 12.3 Å². The first-order valence-corrected chi connectivity index (χ1v) is 9.55. The van der Waals surface area contributed by atoms with E-state index in [4.69, 9.17) is 9.47 Å². The summed E-state index contributed by atoms with van der Waals surface area (Å²) < 4.78 is 11.3. The number of rotatable bonds is 4. The third-order valence-electron chi connectivity index (χ3n) is 4.01.